The maximum atomic E-state index is 11.1. The molecule has 2 N–H and O–H groups in total. The molecule has 0 heterocycles. The molecule has 0 aliphatic rings. The maximum Gasteiger partial charge on any atom is 0.305 e. The van der Waals surface area contributed by atoms with E-state index in [1.807, 2.05) is 19.1 Å². The fraction of sp³-hybridized carbons (Fsp3) is 0.500. The quantitative estimate of drug-likeness (QED) is 0.771. The van der Waals surface area contributed by atoms with Crippen LogP contribution in [0.25, 0.3) is 0 Å². The summed E-state index contributed by atoms with van der Waals surface area (Å²) in [6, 6.07) is 8.21. The molecule has 1 rings (SSSR count). The number of aryl methyl sites for hydroxylation is 1. The Kier molecular flexibility index (Phi) is 5.70. The van der Waals surface area contributed by atoms with Gasteiger partial charge in [-0.05, 0) is 32.3 Å². The van der Waals surface area contributed by atoms with Crippen LogP contribution in [0, 0.1) is 6.92 Å². The summed E-state index contributed by atoms with van der Waals surface area (Å²) in [5.41, 5.74) is 8.41. The van der Waals surface area contributed by atoms with Crippen LogP contribution in [0.3, 0.4) is 0 Å². The molecule has 1 unspecified atom stereocenters. The summed E-state index contributed by atoms with van der Waals surface area (Å²) in [6.45, 7) is 4.31. The van der Waals surface area contributed by atoms with Gasteiger partial charge in [0.15, 0.2) is 0 Å². The van der Waals surface area contributed by atoms with E-state index in [-0.39, 0.29) is 12.0 Å². The van der Waals surface area contributed by atoms with Crippen LogP contribution < -0.4 is 5.73 Å². The van der Waals surface area contributed by atoms with Gasteiger partial charge < -0.3 is 10.5 Å². The number of esters is 1. The molecule has 3 heteroatoms. The molecule has 0 fully saturated rings. The molecular weight excluding hydrogens is 214 g/mol. The highest BCUT2D eigenvalue weighted by atomic mass is 16.5. The van der Waals surface area contributed by atoms with E-state index in [1.54, 1.807) is 0 Å². The van der Waals surface area contributed by atoms with E-state index in [0.717, 1.165) is 18.4 Å². The van der Waals surface area contributed by atoms with Gasteiger partial charge in [0.2, 0.25) is 0 Å². The van der Waals surface area contributed by atoms with Crippen molar-refractivity contribution in [1.82, 2.24) is 0 Å². The summed E-state index contributed by atoms with van der Waals surface area (Å²) in [5.74, 6) is -0.136. The molecule has 1 atom stereocenters. The molecule has 0 saturated heterocycles. The van der Waals surface area contributed by atoms with Crippen LogP contribution in [0.5, 0.6) is 0 Å². The Morgan fingerprint density at radius 1 is 1.35 bits per heavy atom. The second-order valence-electron chi connectivity index (χ2n) is 4.21. The fourth-order valence-corrected chi connectivity index (χ4v) is 1.68. The molecule has 0 bridgehead atoms. The first-order chi connectivity index (χ1) is 8.13. The van der Waals surface area contributed by atoms with Crippen molar-refractivity contribution in [3.8, 4) is 0 Å². The Morgan fingerprint density at radius 2 is 2.00 bits per heavy atom. The molecule has 3 nitrogen and oxygen atoms in total. The van der Waals surface area contributed by atoms with Gasteiger partial charge in [0.25, 0.3) is 0 Å². The fourth-order valence-electron chi connectivity index (χ4n) is 1.68. The standard InChI is InChI=1S/C14H21NO2/c1-3-17-14(16)6-4-5-13(15)12-9-7-11(2)8-10-12/h7-10,13H,3-6,15H2,1-2H3. The van der Waals surface area contributed by atoms with E-state index in [0.29, 0.717) is 13.0 Å². The number of carbonyl (C=O) groups is 1. The van der Waals surface area contributed by atoms with Crippen molar-refractivity contribution in [2.24, 2.45) is 5.73 Å². The number of ether oxygens (including phenoxy) is 1. The number of rotatable bonds is 6. The molecule has 94 valence electrons. The highest BCUT2D eigenvalue weighted by Crippen LogP contribution is 2.17. The van der Waals surface area contributed by atoms with Gasteiger partial charge >= 0.3 is 5.97 Å². The molecule has 0 spiro atoms. The lowest BCUT2D eigenvalue weighted by molar-refractivity contribution is -0.143. The Morgan fingerprint density at radius 3 is 2.59 bits per heavy atom. The normalized spacial score (nSPS) is 12.2. The van der Waals surface area contributed by atoms with Crippen molar-refractivity contribution in [2.45, 2.75) is 39.2 Å². The summed E-state index contributed by atoms with van der Waals surface area (Å²) in [5, 5.41) is 0. The van der Waals surface area contributed by atoms with Gasteiger partial charge in [-0.2, -0.15) is 0 Å². The van der Waals surface area contributed by atoms with Crippen molar-refractivity contribution in [3.05, 3.63) is 35.4 Å². The zero-order chi connectivity index (χ0) is 12.7. The Labute approximate surface area is 103 Å². The van der Waals surface area contributed by atoms with Crippen molar-refractivity contribution in [1.29, 1.82) is 0 Å². The maximum absolute atomic E-state index is 11.1. The van der Waals surface area contributed by atoms with Crippen LogP contribution in [-0.2, 0) is 9.53 Å². The van der Waals surface area contributed by atoms with Gasteiger partial charge in [-0.3, -0.25) is 4.79 Å². The minimum absolute atomic E-state index is 0.00465. The number of hydrogen-bond donors (Lipinski definition) is 1. The average molecular weight is 235 g/mol. The lowest BCUT2D eigenvalue weighted by Crippen LogP contribution is -2.11. The largest absolute Gasteiger partial charge is 0.466 e. The Balaban J connectivity index is 2.32. The first-order valence-corrected chi connectivity index (χ1v) is 6.11. The molecule has 0 amide bonds. The van der Waals surface area contributed by atoms with Gasteiger partial charge in [-0.25, -0.2) is 0 Å². The molecule has 17 heavy (non-hydrogen) atoms. The molecule has 0 aliphatic carbocycles. The third-order valence-electron chi connectivity index (χ3n) is 2.71. The van der Waals surface area contributed by atoms with Gasteiger partial charge in [0, 0.05) is 12.5 Å². The van der Waals surface area contributed by atoms with E-state index in [4.69, 9.17) is 10.5 Å². The number of carbonyl (C=O) groups excluding carboxylic acids is 1. The SMILES string of the molecule is CCOC(=O)CCCC(N)c1ccc(C)cc1. The summed E-state index contributed by atoms with van der Waals surface area (Å²) in [6.07, 6.45) is 2.03. The Hall–Kier alpha value is -1.35. The van der Waals surface area contributed by atoms with Crippen LogP contribution >= 0.6 is 0 Å². The van der Waals surface area contributed by atoms with Crippen molar-refractivity contribution in [3.63, 3.8) is 0 Å². The summed E-state index contributed by atoms with van der Waals surface area (Å²) in [4.78, 5) is 11.1. The number of nitrogens with two attached hydrogens (primary N) is 1. The highest BCUT2D eigenvalue weighted by molar-refractivity contribution is 5.69. The monoisotopic (exact) mass is 235 g/mol. The predicted molar refractivity (Wildman–Crippen MR) is 68.6 cm³/mol. The Bertz CT molecular complexity index is 346. The number of benzene rings is 1. The molecule has 0 saturated carbocycles. The van der Waals surface area contributed by atoms with Gasteiger partial charge in [0.1, 0.15) is 0 Å². The summed E-state index contributed by atoms with van der Waals surface area (Å²) < 4.78 is 4.87. The van der Waals surface area contributed by atoms with Crippen LogP contribution in [-0.4, -0.2) is 12.6 Å². The van der Waals surface area contributed by atoms with E-state index < -0.39 is 0 Å². The minimum atomic E-state index is -0.136. The molecule has 0 radical (unpaired) electrons. The average Bonchev–Trinajstić information content (AvgIpc) is 2.30. The topological polar surface area (TPSA) is 52.3 Å². The zero-order valence-electron chi connectivity index (χ0n) is 10.6. The molecule has 0 aromatic heterocycles. The first-order valence-electron chi connectivity index (χ1n) is 6.11. The predicted octanol–water partition coefficient (Wildman–Crippen LogP) is 2.73. The summed E-state index contributed by atoms with van der Waals surface area (Å²) >= 11 is 0. The first kappa shape index (κ1) is 13.7. The van der Waals surface area contributed by atoms with Crippen LogP contribution in [0.4, 0.5) is 0 Å². The van der Waals surface area contributed by atoms with Crippen molar-refractivity contribution < 1.29 is 9.53 Å². The minimum Gasteiger partial charge on any atom is -0.466 e. The van der Waals surface area contributed by atoms with Crippen LogP contribution in [0.2, 0.25) is 0 Å². The third-order valence-corrected chi connectivity index (χ3v) is 2.71. The number of hydrogen-bond acceptors (Lipinski definition) is 3. The highest BCUT2D eigenvalue weighted by Gasteiger charge is 2.07. The third kappa shape index (κ3) is 5.00. The van der Waals surface area contributed by atoms with Gasteiger partial charge in [-0.1, -0.05) is 29.8 Å². The van der Waals surface area contributed by atoms with E-state index >= 15 is 0 Å². The van der Waals surface area contributed by atoms with Gasteiger partial charge in [-0.15, -0.1) is 0 Å². The van der Waals surface area contributed by atoms with Gasteiger partial charge in [0.05, 0.1) is 6.61 Å². The van der Waals surface area contributed by atoms with E-state index in [2.05, 4.69) is 19.1 Å². The van der Waals surface area contributed by atoms with E-state index in [9.17, 15) is 4.79 Å². The van der Waals surface area contributed by atoms with E-state index in [1.165, 1.54) is 5.56 Å². The lowest BCUT2D eigenvalue weighted by Gasteiger charge is -2.11. The van der Waals surface area contributed by atoms with Crippen molar-refractivity contribution in [2.75, 3.05) is 6.61 Å². The van der Waals surface area contributed by atoms with Crippen LogP contribution in [0.15, 0.2) is 24.3 Å². The summed E-state index contributed by atoms with van der Waals surface area (Å²) in [7, 11) is 0. The van der Waals surface area contributed by atoms with Crippen molar-refractivity contribution >= 4 is 5.97 Å². The lowest BCUT2D eigenvalue weighted by atomic mass is 10.0. The molecule has 1 aromatic rings. The molecular formula is C14H21NO2. The van der Waals surface area contributed by atoms with Crippen LogP contribution in [0.1, 0.15) is 43.4 Å². The smallest absolute Gasteiger partial charge is 0.305 e. The molecule has 1 aromatic carbocycles. The zero-order valence-corrected chi connectivity index (χ0v) is 10.6. The second-order valence-corrected chi connectivity index (χ2v) is 4.21. The second kappa shape index (κ2) is 7.07. The molecule has 0 aliphatic heterocycles.